The Bertz CT molecular complexity index is 466. The predicted octanol–water partition coefficient (Wildman–Crippen LogP) is 0.474. The van der Waals surface area contributed by atoms with E-state index in [9.17, 15) is 4.79 Å². The molecule has 110 valence electrons. The van der Waals surface area contributed by atoms with Crippen LogP contribution in [0.3, 0.4) is 0 Å². The molecule has 20 heavy (non-hydrogen) atoms. The molecule has 0 saturated heterocycles. The average Bonchev–Trinajstić information content (AvgIpc) is 2.91. The van der Waals surface area contributed by atoms with Crippen LogP contribution in [0.4, 0.5) is 4.79 Å². The second-order valence-corrected chi connectivity index (χ2v) is 4.35. The van der Waals surface area contributed by atoms with Crippen molar-refractivity contribution in [3.05, 3.63) is 18.2 Å². The molecule has 1 aromatic rings. The molecule has 0 aromatic heterocycles. The molecule has 0 radical (unpaired) electrons. The molecule has 1 unspecified atom stereocenters. The number of aliphatic hydroxyl groups excluding tert-OH is 1. The van der Waals surface area contributed by atoms with Crippen LogP contribution in [0.25, 0.3) is 0 Å². The van der Waals surface area contributed by atoms with E-state index in [0.717, 1.165) is 0 Å². The van der Waals surface area contributed by atoms with Crippen LogP contribution in [0.5, 0.6) is 17.2 Å². The molecule has 2 amide bonds. The fraction of sp³-hybridized carbons (Fsp3) is 0.462. The lowest BCUT2D eigenvalue weighted by atomic mass is 10.3. The van der Waals surface area contributed by atoms with E-state index in [0.29, 0.717) is 30.4 Å². The number of nitrogens with one attached hydrogen (secondary N) is 2. The van der Waals surface area contributed by atoms with Gasteiger partial charge in [0.1, 0.15) is 12.4 Å². The molecular formula is C13H18N2O5. The Morgan fingerprint density at radius 2 is 2.25 bits per heavy atom. The fourth-order valence-electron chi connectivity index (χ4n) is 1.62. The van der Waals surface area contributed by atoms with Crippen LogP contribution < -0.4 is 24.8 Å². The van der Waals surface area contributed by atoms with Crippen molar-refractivity contribution in [1.82, 2.24) is 10.6 Å². The van der Waals surface area contributed by atoms with Gasteiger partial charge < -0.3 is 30.0 Å². The summed E-state index contributed by atoms with van der Waals surface area (Å²) in [5.74, 6) is 2.01. The zero-order valence-electron chi connectivity index (χ0n) is 11.2. The van der Waals surface area contributed by atoms with Gasteiger partial charge in [-0.1, -0.05) is 0 Å². The van der Waals surface area contributed by atoms with E-state index in [1.165, 1.54) is 0 Å². The van der Waals surface area contributed by atoms with Gasteiger partial charge in [-0.25, -0.2) is 4.79 Å². The Morgan fingerprint density at radius 1 is 1.45 bits per heavy atom. The Morgan fingerprint density at radius 3 is 3.05 bits per heavy atom. The molecule has 0 spiro atoms. The normalized spacial score (nSPS) is 13.7. The second kappa shape index (κ2) is 6.85. The molecule has 7 nitrogen and oxygen atoms in total. The van der Waals surface area contributed by atoms with Crippen molar-refractivity contribution in [2.45, 2.75) is 13.0 Å². The predicted molar refractivity (Wildman–Crippen MR) is 71.1 cm³/mol. The first-order valence-corrected chi connectivity index (χ1v) is 6.36. The SMILES string of the molecule is CC(CO)NC(=O)NCCOc1ccc2c(c1)OCO2. The summed E-state index contributed by atoms with van der Waals surface area (Å²) in [4.78, 5) is 11.4. The minimum Gasteiger partial charge on any atom is -0.492 e. The summed E-state index contributed by atoms with van der Waals surface area (Å²) in [5.41, 5.74) is 0. The van der Waals surface area contributed by atoms with Crippen LogP contribution in [0.1, 0.15) is 6.92 Å². The quantitative estimate of drug-likeness (QED) is 0.660. The molecule has 1 heterocycles. The van der Waals surface area contributed by atoms with Crippen LogP contribution in [-0.2, 0) is 0 Å². The van der Waals surface area contributed by atoms with Gasteiger partial charge in [-0.3, -0.25) is 0 Å². The van der Waals surface area contributed by atoms with Crippen molar-refractivity contribution in [1.29, 1.82) is 0 Å². The van der Waals surface area contributed by atoms with E-state index in [-0.39, 0.29) is 25.5 Å². The minimum absolute atomic E-state index is 0.0961. The van der Waals surface area contributed by atoms with Gasteiger partial charge in [-0.15, -0.1) is 0 Å². The highest BCUT2D eigenvalue weighted by Crippen LogP contribution is 2.34. The number of amides is 2. The zero-order valence-corrected chi connectivity index (χ0v) is 11.2. The van der Waals surface area contributed by atoms with Crippen LogP contribution in [-0.4, -0.2) is 43.7 Å². The van der Waals surface area contributed by atoms with Crippen LogP contribution in [0, 0.1) is 0 Å². The van der Waals surface area contributed by atoms with Gasteiger partial charge in [0.2, 0.25) is 6.79 Å². The largest absolute Gasteiger partial charge is 0.492 e. The molecule has 0 fully saturated rings. The standard InChI is InChI=1S/C13H18N2O5/c1-9(7-16)15-13(17)14-4-5-18-10-2-3-11-12(6-10)20-8-19-11/h2-3,6,9,16H,4-5,7-8H2,1H3,(H2,14,15,17). The Balaban J connectivity index is 1.67. The molecule has 0 aliphatic carbocycles. The number of carbonyl (C=O) groups excluding carboxylic acids is 1. The van der Waals surface area contributed by atoms with Crippen molar-refractivity contribution < 1.29 is 24.1 Å². The molecule has 1 aliphatic heterocycles. The fourth-order valence-corrected chi connectivity index (χ4v) is 1.62. The number of urea groups is 1. The number of ether oxygens (including phenoxy) is 3. The first-order chi connectivity index (χ1) is 9.69. The first-order valence-electron chi connectivity index (χ1n) is 6.36. The molecule has 1 atom stereocenters. The third kappa shape index (κ3) is 3.92. The van der Waals surface area contributed by atoms with E-state index in [4.69, 9.17) is 19.3 Å². The van der Waals surface area contributed by atoms with E-state index in [2.05, 4.69) is 10.6 Å². The number of fused-ring (bicyclic) bond motifs is 1. The number of carbonyl (C=O) groups is 1. The summed E-state index contributed by atoms with van der Waals surface area (Å²) < 4.78 is 15.9. The van der Waals surface area contributed by atoms with E-state index in [1.54, 1.807) is 25.1 Å². The van der Waals surface area contributed by atoms with Crippen LogP contribution in [0.2, 0.25) is 0 Å². The number of benzene rings is 1. The summed E-state index contributed by atoms with van der Waals surface area (Å²) in [6, 6.07) is 4.70. The maximum Gasteiger partial charge on any atom is 0.315 e. The molecule has 7 heteroatoms. The third-order valence-corrected chi connectivity index (χ3v) is 2.65. The monoisotopic (exact) mass is 282 g/mol. The van der Waals surface area contributed by atoms with E-state index >= 15 is 0 Å². The average molecular weight is 282 g/mol. The molecule has 0 saturated carbocycles. The van der Waals surface area contributed by atoms with E-state index < -0.39 is 0 Å². The number of rotatable bonds is 6. The van der Waals surface area contributed by atoms with Gasteiger partial charge in [0.05, 0.1) is 19.2 Å². The highest BCUT2D eigenvalue weighted by atomic mass is 16.7. The van der Waals surface area contributed by atoms with Gasteiger partial charge in [0.25, 0.3) is 0 Å². The first kappa shape index (κ1) is 14.3. The van der Waals surface area contributed by atoms with Gasteiger partial charge in [-0.2, -0.15) is 0 Å². The second-order valence-electron chi connectivity index (χ2n) is 4.35. The Hall–Kier alpha value is -2.15. The maximum atomic E-state index is 11.4. The highest BCUT2D eigenvalue weighted by Gasteiger charge is 2.13. The van der Waals surface area contributed by atoms with Crippen molar-refractivity contribution in [3.63, 3.8) is 0 Å². The molecular weight excluding hydrogens is 264 g/mol. The summed E-state index contributed by atoms with van der Waals surface area (Å²) >= 11 is 0. The molecule has 0 bridgehead atoms. The Labute approximate surface area is 116 Å². The van der Waals surface area contributed by atoms with Crippen LogP contribution in [0.15, 0.2) is 18.2 Å². The van der Waals surface area contributed by atoms with Crippen LogP contribution >= 0.6 is 0 Å². The molecule has 1 aromatic carbocycles. The number of aliphatic hydroxyl groups is 1. The summed E-state index contributed by atoms with van der Waals surface area (Å²) in [7, 11) is 0. The van der Waals surface area contributed by atoms with E-state index in [1.807, 2.05) is 0 Å². The van der Waals surface area contributed by atoms with Crippen molar-refractivity contribution in [2.75, 3.05) is 26.6 Å². The summed E-state index contributed by atoms with van der Waals surface area (Å²) in [6.07, 6.45) is 0. The van der Waals surface area contributed by atoms with Gasteiger partial charge in [0, 0.05) is 6.07 Å². The topological polar surface area (TPSA) is 89.1 Å². The molecule has 3 N–H and O–H groups in total. The van der Waals surface area contributed by atoms with Gasteiger partial charge >= 0.3 is 6.03 Å². The van der Waals surface area contributed by atoms with Gasteiger partial charge in [-0.05, 0) is 19.1 Å². The van der Waals surface area contributed by atoms with Gasteiger partial charge in [0.15, 0.2) is 11.5 Å². The smallest absolute Gasteiger partial charge is 0.315 e. The number of hydrogen-bond donors (Lipinski definition) is 3. The zero-order chi connectivity index (χ0) is 14.4. The lowest BCUT2D eigenvalue weighted by Crippen LogP contribution is -2.43. The van der Waals surface area contributed by atoms with Crippen molar-refractivity contribution in [3.8, 4) is 17.2 Å². The number of hydrogen-bond acceptors (Lipinski definition) is 5. The highest BCUT2D eigenvalue weighted by molar-refractivity contribution is 5.74. The Kier molecular flexibility index (Phi) is 4.89. The van der Waals surface area contributed by atoms with Crippen molar-refractivity contribution >= 4 is 6.03 Å². The minimum atomic E-state index is -0.333. The lowest BCUT2D eigenvalue weighted by molar-refractivity contribution is 0.173. The molecule has 2 rings (SSSR count). The summed E-state index contributed by atoms with van der Waals surface area (Å²) in [6.45, 7) is 2.53. The molecule has 1 aliphatic rings. The summed E-state index contributed by atoms with van der Waals surface area (Å²) in [5, 5.41) is 14.0. The van der Waals surface area contributed by atoms with Crippen molar-refractivity contribution in [2.24, 2.45) is 0 Å². The maximum absolute atomic E-state index is 11.4. The lowest BCUT2D eigenvalue weighted by Gasteiger charge is -2.12. The third-order valence-electron chi connectivity index (χ3n) is 2.65.